The molecule has 0 aliphatic carbocycles. The molecule has 0 atom stereocenters. The molecule has 4 aromatic carbocycles. The van der Waals surface area contributed by atoms with Crippen molar-refractivity contribution in [1.82, 2.24) is 0 Å². The number of nitrogens with zero attached hydrogens (tertiary/aromatic N) is 1. The van der Waals surface area contributed by atoms with Gasteiger partial charge in [0.1, 0.15) is 24.0 Å². The third-order valence-corrected chi connectivity index (χ3v) is 6.35. The zero-order chi connectivity index (χ0) is 24.1. The maximum atomic E-state index is 12.7. The average molecular weight is 597 g/mol. The second-order valence-electron chi connectivity index (χ2n) is 7.36. The SMILES string of the molecule is N#C/C(=C\c1cc(Br)cc(Br)c1OCc1cccc2ccccc12)C(=O)Nc1ccc(Cl)cc1. The molecule has 4 aromatic rings. The Morgan fingerprint density at radius 1 is 1.03 bits per heavy atom. The largest absolute Gasteiger partial charge is 0.487 e. The van der Waals surface area contributed by atoms with E-state index in [0.717, 1.165) is 20.8 Å². The molecule has 4 rings (SSSR count). The fourth-order valence-electron chi connectivity index (χ4n) is 3.44. The minimum absolute atomic E-state index is 0.0602. The summed E-state index contributed by atoms with van der Waals surface area (Å²) in [5.74, 6) is 0.00380. The van der Waals surface area contributed by atoms with Crippen molar-refractivity contribution in [3.05, 3.63) is 110 Å². The smallest absolute Gasteiger partial charge is 0.266 e. The lowest BCUT2D eigenvalue weighted by atomic mass is 10.1. The van der Waals surface area contributed by atoms with Gasteiger partial charge in [0.2, 0.25) is 0 Å². The number of hydrogen-bond donors (Lipinski definition) is 1. The predicted octanol–water partition coefficient (Wildman–Crippen LogP) is 8.14. The zero-order valence-electron chi connectivity index (χ0n) is 17.7. The first-order valence-corrected chi connectivity index (χ1v) is 12.2. The molecule has 7 heteroatoms. The Labute approximate surface area is 219 Å². The van der Waals surface area contributed by atoms with Gasteiger partial charge in [-0.2, -0.15) is 5.26 Å². The molecule has 168 valence electrons. The number of benzene rings is 4. The highest BCUT2D eigenvalue weighted by Gasteiger charge is 2.15. The average Bonchev–Trinajstić information content (AvgIpc) is 2.83. The van der Waals surface area contributed by atoms with E-state index < -0.39 is 5.91 Å². The molecule has 0 radical (unpaired) electrons. The summed E-state index contributed by atoms with van der Waals surface area (Å²) in [6, 6.07) is 26.5. The second-order valence-corrected chi connectivity index (χ2v) is 9.57. The summed E-state index contributed by atoms with van der Waals surface area (Å²) in [5, 5.41) is 15.2. The van der Waals surface area contributed by atoms with Crippen LogP contribution in [0.5, 0.6) is 5.75 Å². The van der Waals surface area contributed by atoms with Gasteiger partial charge in [-0.3, -0.25) is 4.79 Å². The third kappa shape index (κ3) is 5.68. The van der Waals surface area contributed by atoms with Gasteiger partial charge in [0.05, 0.1) is 4.47 Å². The molecular formula is C27H17Br2ClN2O2. The normalized spacial score (nSPS) is 11.2. The van der Waals surface area contributed by atoms with Gasteiger partial charge in [0.25, 0.3) is 5.91 Å². The monoisotopic (exact) mass is 594 g/mol. The van der Waals surface area contributed by atoms with Gasteiger partial charge in [0.15, 0.2) is 0 Å². The lowest BCUT2D eigenvalue weighted by Crippen LogP contribution is -2.13. The van der Waals surface area contributed by atoms with Gasteiger partial charge in [0, 0.05) is 20.7 Å². The van der Waals surface area contributed by atoms with E-state index >= 15 is 0 Å². The highest BCUT2D eigenvalue weighted by atomic mass is 79.9. The van der Waals surface area contributed by atoms with Crippen LogP contribution < -0.4 is 10.1 Å². The number of ether oxygens (including phenoxy) is 1. The molecule has 1 amide bonds. The lowest BCUT2D eigenvalue weighted by molar-refractivity contribution is -0.112. The van der Waals surface area contributed by atoms with E-state index in [9.17, 15) is 10.1 Å². The quantitative estimate of drug-likeness (QED) is 0.181. The third-order valence-electron chi connectivity index (χ3n) is 5.06. The molecule has 4 nitrogen and oxygen atoms in total. The molecule has 0 heterocycles. The van der Waals surface area contributed by atoms with Gasteiger partial charge < -0.3 is 10.1 Å². The molecule has 0 aliphatic rings. The first-order chi connectivity index (χ1) is 16.4. The molecule has 0 fully saturated rings. The topological polar surface area (TPSA) is 62.1 Å². The van der Waals surface area contributed by atoms with Gasteiger partial charge in [-0.1, -0.05) is 70.0 Å². The van der Waals surface area contributed by atoms with Crippen LogP contribution in [0.1, 0.15) is 11.1 Å². The summed E-state index contributed by atoms with van der Waals surface area (Å²) >= 11 is 12.9. The molecule has 0 spiro atoms. The molecule has 0 bridgehead atoms. The number of fused-ring (bicyclic) bond motifs is 1. The summed E-state index contributed by atoms with van der Waals surface area (Å²) in [6.07, 6.45) is 1.51. The summed E-state index contributed by atoms with van der Waals surface area (Å²) in [6.45, 7) is 0.321. The van der Waals surface area contributed by atoms with Crippen LogP contribution in [0.25, 0.3) is 16.8 Å². The van der Waals surface area contributed by atoms with Crippen molar-refractivity contribution in [1.29, 1.82) is 5.26 Å². The van der Waals surface area contributed by atoms with E-state index in [4.69, 9.17) is 16.3 Å². The first kappa shape index (κ1) is 24.0. The van der Waals surface area contributed by atoms with E-state index in [2.05, 4.69) is 55.4 Å². The van der Waals surface area contributed by atoms with E-state index in [1.165, 1.54) is 6.08 Å². The molecule has 0 saturated carbocycles. The van der Waals surface area contributed by atoms with Crippen molar-refractivity contribution < 1.29 is 9.53 Å². The minimum atomic E-state index is -0.527. The van der Waals surface area contributed by atoms with E-state index in [1.54, 1.807) is 30.3 Å². The maximum Gasteiger partial charge on any atom is 0.266 e. The van der Waals surface area contributed by atoms with Crippen LogP contribution in [0.15, 0.2) is 93.4 Å². The van der Waals surface area contributed by atoms with Crippen molar-refractivity contribution in [2.75, 3.05) is 5.32 Å². The Balaban J connectivity index is 1.63. The Kier molecular flexibility index (Phi) is 7.69. The number of anilines is 1. The van der Waals surface area contributed by atoms with Crippen LogP contribution in [0.2, 0.25) is 5.02 Å². The number of rotatable bonds is 6. The van der Waals surface area contributed by atoms with Crippen LogP contribution in [-0.4, -0.2) is 5.91 Å². The standard InChI is InChI=1S/C27H17Br2ClN2O2/c28-21-13-19(12-20(15-31)27(33)32-23-10-8-22(30)9-11-23)26(25(29)14-21)34-16-18-6-3-5-17-4-1-2-7-24(17)18/h1-14H,16H2,(H,32,33)/b20-12+. The number of carbonyl (C=O) groups is 1. The Morgan fingerprint density at radius 2 is 1.76 bits per heavy atom. The number of amides is 1. The van der Waals surface area contributed by atoms with Crippen LogP contribution >= 0.6 is 43.5 Å². The predicted molar refractivity (Wildman–Crippen MR) is 144 cm³/mol. The summed E-state index contributed by atoms with van der Waals surface area (Å²) in [7, 11) is 0. The van der Waals surface area contributed by atoms with Gasteiger partial charge >= 0.3 is 0 Å². The Morgan fingerprint density at radius 3 is 2.53 bits per heavy atom. The van der Waals surface area contributed by atoms with E-state index in [0.29, 0.717) is 33.1 Å². The summed E-state index contributed by atoms with van der Waals surface area (Å²) < 4.78 is 7.68. The van der Waals surface area contributed by atoms with Gasteiger partial charge in [-0.15, -0.1) is 0 Å². The minimum Gasteiger partial charge on any atom is -0.487 e. The van der Waals surface area contributed by atoms with Crippen molar-refractivity contribution in [3.8, 4) is 11.8 Å². The number of nitrogens with one attached hydrogen (secondary N) is 1. The van der Waals surface area contributed by atoms with Crippen LogP contribution in [0, 0.1) is 11.3 Å². The number of hydrogen-bond acceptors (Lipinski definition) is 3. The number of halogens is 3. The van der Waals surface area contributed by atoms with Crippen molar-refractivity contribution >= 4 is 71.9 Å². The fourth-order valence-corrected chi connectivity index (χ4v) is 4.94. The number of carbonyl (C=O) groups excluding carboxylic acids is 1. The second kappa shape index (κ2) is 10.9. The highest BCUT2D eigenvalue weighted by molar-refractivity contribution is 9.11. The molecule has 0 aliphatic heterocycles. The van der Waals surface area contributed by atoms with Gasteiger partial charge in [-0.05, 0) is 74.7 Å². The molecule has 0 unspecified atom stereocenters. The summed E-state index contributed by atoms with van der Waals surface area (Å²) in [5.41, 5.74) is 2.10. The van der Waals surface area contributed by atoms with Crippen molar-refractivity contribution in [2.45, 2.75) is 6.61 Å². The van der Waals surface area contributed by atoms with E-state index in [-0.39, 0.29) is 5.57 Å². The van der Waals surface area contributed by atoms with Crippen LogP contribution in [0.4, 0.5) is 5.69 Å². The molecular weight excluding hydrogens is 580 g/mol. The molecule has 0 saturated heterocycles. The summed E-state index contributed by atoms with van der Waals surface area (Å²) in [4.78, 5) is 12.7. The van der Waals surface area contributed by atoms with Crippen molar-refractivity contribution in [2.24, 2.45) is 0 Å². The Bertz CT molecular complexity index is 1440. The highest BCUT2D eigenvalue weighted by Crippen LogP contribution is 2.35. The molecule has 34 heavy (non-hydrogen) atoms. The maximum absolute atomic E-state index is 12.7. The van der Waals surface area contributed by atoms with Crippen molar-refractivity contribution in [3.63, 3.8) is 0 Å². The zero-order valence-corrected chi connectivity index (χ0v) is 21.6. The fraction of sp³-hybridized carbons (Fsp3) is 0.0370. The lowest BCUT2D eigenvalue weighted by Gasteiger charge is -2.14. The van der Waals surface area contributed by atoms with Crippen LogP contribution in [0.3, 0.4) is 0 Å². The van der Waals surface area contributed by atoms with Crippen LogP contribution in [-0.2, 0) is 11.4 Å². The Hall–Kier alpha value is -3.11. The first-order valence-electron chi connectivity index (χ1n) is 10.2. The molecule has 0 aromatic heterocycles. The van der Waals surface area contributed by atoms with Gasteiger partial charge in [-0.25, -0.2) is 0 Å². The number of nitriles is 1. The van der Waals surface area contributed by atoms with E-state index in [1.807, 2.05) is 36.4 Å². The molecule has 1 N–H and O–H groups in total.